The molecule has 4 rings (SSSR count). The summed E-state index contributed by atoms with van der Waals surface area (Å²) in [5, 5.41) is 0.949. The number of likely N-dealkylation sites (tertiary alicyclic amines) is 1. The van der Waals surface area contributed by atoms with E-state index < -0.39 is 11.7 Å². The van der Waals surface area contributed by atoms with Crippen LogP contribution in [-0.4, -0.2) is 42.9 Å². The molecule has 0 aromatic heterocycles. The van der Waals surface area contributed by atoms with Crippen molar-refractivity contribution in [2.75, 3.05) is 26.3 Å². The molecule has 1 amide bonds. The van der Waals surface area contributed by atoms with Gasteiger partial charge in [0.2, 0.25) is 0 Å². The first-order valence-corrected chi connectivity index (χ1v) is 9.50. The fourth-order valence-electron chi connectivity index (χ4n) is 3.27. The normalized spacial score (nSPS) is 16.2. The Morgan fingerprint density at radius 1 is 1.25 bits per heavy atom. The number of carbonyl (C=O) groups excluding carboxylic acids is 2. The average molecular weight is 424 g/mol. The second-order valence-electron chi connectivity index (χ2n) is 6.91. The van der Waals surface area contributed by atoms with E-state index in [9.17, 15) is 14.0 Å². The Morgan fingerprint density at radius 2 is 2.04 bits per heavy atom. The first-order valence-electron chi connectivity index (χ1n) is 8.74. The number of Topliss-reactive ketones (excluding diaryl/α,β-unsaturated/α-hetero) is 1. The van der Waals surface area contributed by atoms with Crippen LogP contribution in [0.25, 0.3) is 0 Å². The van der Waals surface area contributed by atoms with Gasteiger partial charge in [0.05, 0.1) is 17.2 Å². The Labute approximate surface area is 170 Å². The Morgan fingerprint density at radius 3 is 2.79 bits per heavy atom. The summed E-state index contributed by atoms with van der Waals surface area (Å²) in [4.78, 5) is 25.7. The van der Waals surface area contributed by atoms with Crippen molar-refractivity contribution in [2.45, 2.75) is 6.42 Å². The zero-order valence-electron chi connectivity index (χ0n) is 14.7. The van der Waals surface area contributed by atoms with Gasteiger partial charge in [-0.2, -0.15) is 0 Å². The zero-order chi connectivity index (χ0) is 19.8. The summed E-state index contributed by atoms with van der Waals surface area (Å²) in [6, 6.07) is 7.58. The van der Waals surface area contributed by atoms with Gasteiger partial charge in [-0.1, -0.05) is 23.2 Å². The van der Waals surface area contributed by atoms with Gasteiger partial charge in [-0.05, 0) is 24.3 Å². The molecule has 2 aliphatic rings. The summed E-state index contributed by atoms with van der Waals surface area (Å²) in [5.41, 5.74) is 0.496. The van der Waals surface area contributed by atoms with Crippen molar-refractivity contribution >= 4 is 34.9 Å². The Kier molecular flexibility index (Phi) is 5.17. The third kappa shape index (κ3) is 3.80. The molecule has 2 heterocycles. The molecule has 0 N–H and O–H groups in total. The maximum Gasteiger partial charge on any atom is 0.256 e. The lowest BCUT2D eigenvalue weighted by molar-refractivity contribution is -0.121. The van der Waals surface area contributed by atoms with Crippen LogP contribution in [0.2, 0.25) is 10.0 Å². The summed E-state index contributed by atoms with van der Waals surface area (Å²) in [5.74, 6) is -0.171. The summed E-state index contributed by atoms with van der Waals surface area (Å²) in [6.45, 7) is 1.23. The maximum absolute atomic E-state index is 14.3. The number of carbonyl (C=O) groups is 2. The monoisotopic (exact) mass is 423 g/mol. The molecule has 0 unspecified atom stereocenters. The average Bonchev–Trinajstić information content (AvgIpc) is 2.61. The van der Waals surface area contributed by atoms with Crippen LogP contribution in [0, 0.1) is 11.7 Å². The van der Waals surface area contributed by atoms with Crippen LogP contribution >= 0.6 is 23.2 Å². The van der Waals surface area contributed by atoms with E-state index in [0.717, 1.165) is 0 Å². The Bertz CT molecular complexity index is 959. The number of benzene rings is 2. The van der Waals surface area contributed by atoms with E-state index in [1.165, 1.54) is 12.1 Å². The number of hydrogen-bond donors (Lipinski definition) is 0. The minimum Gasteiger partial charge on any atom is -0.492 e. The van der Waals surface area contributed by atoms with E-state index in [1.807, 2.05) is 0 Å². The molecule has 2 aliphatic heterocycles. The molecule has 5 nitrogen and oxygen atoms in total. The number of halogens is 3. The molecule has 0 radical (unpaired) electrons. The van der Waals surface area contributed by atoms with Crippen LogP contribution < -0.4 is 9.47 Å². The molecular formula is C20H16Cl2FNO4. The highest BCUT2D eigenvalue weighted by molar-refractivity contribution is 6.35. The molecule has 0 atom stereocenters. The second kappa shape index (κ2) is 7.60. The van der Waals surface area contributed by atoms with Crippen LogP contribution in [0.3, 0.4) is 0 Å². The van der Waals surface area contributed by atoms with Gasteiger partial charge >= 0.3 is 0 Å². The first kappa shape index (κ1) is 19.0. The summed E-state index contributed by atoms with van der Waals surface area (Å²) in [7, 11) is 0. The molecule has 2 aromatic rings. The quantitative estimate of drug-likeness (QED) is 0.750. The number of ether oxygens (including phenoxy) is 2. The van der Waals surface area contributed by atoms with Crippen molar-refractivity contribution < 1.29 is 23.5 Å². The molecule has 0 saturated carbocycles. The van der Waals surface area contributed by atoms with Gasteiger partial charge < -0.3 is 14.4 Å². The summed E-state index contributed by atoms with van der Waals surface area (Å²) >= 11 is 11.9. The molecule has 1 fully saturated rings. The molecule has 0 bridgehead atoms. The number of fused-ring (bicyclic) bond motifs is 1. The molecule has 2 aromatic carbocycles. The molecule has 8 heteroatoms. The fourth-order valence-corrected chi connectivity index (χ4v) is 3.73. The first-order chi connectivity index (χ1) is 13.4. The predicted molar refractivity (Wildman–Crippen MR) is 102 cm³/mol. The molecule has 146 valence electrons. The molecular weight excluding hydrogens is 408 g/mol. The number of rotatable bonds is 4. The largest absolute Gasteiger partial charge is 0.492 e. The summed E-state index contributed by atoms with van der Waals surface area (Å²) in [6.07, 6.45) is 0.147. The SMILES string of the molecule is O=C1COc2cc(F)c(C(=O)N3CC(COc4ccc(Cl)cc4Cl)C3)cc2C1. The van der Waals surface area contributed by atoms with Gasteiger partial charge in [-0.3, -0.25) is 9.59 Å². The van der Waals surface area contributed by atoms with E-state index in [4.69, 9.17) is 32.7 Å². The van der Waals surface area contributed by atoms with Crippen LogP contribution in [0.1, 0.15) is 15.9 Å². The minimum absolute atomic E-state index is 0.0443. The van der Waals surface area contributed by atoms with Crippen molar-refractivity contribution in [3.05, 3.63) is 57.3 Å². The zero-order valence-corrected chi connectivity index (χ0v) is 16.2. The van der Waals surface area contributed by atoms with E-state index in [0.29, 0.717) is 46.8 Å². The van der Waals surface area contributed by atoms with E-state index in [1.54, 1.807) is 23.1 Å². The van der Waals surface area contributed by atoms with Crippen molar-refractivity contribution in [3.8, 4) is 11.5 Å². The van der Waals surface area contributed by atoms with E-state index in [-0.39, 0.29) is 30.3 Å². The molecule has 0 aliphatic carbocycles. The smallest absolute Gasteiger partial charge is 0.256 e. The fraction of sp³-hybridized carbons (Fsp3) is 0.300. The number of ketones is 1. The number of amides is 1. The van der Waals surface area contributed by atoms with Crippen molar-refractivity contribution in [3.63, 3.8) is 0 Å². The highest BCUT2D eigenvalue weighted by Gasteiger charge is 2.34. The lowest BCUT2D eigenvalue weighted by Gasteiger charge is -2.39. The highest BCUT2D eigenvalue weighted by Crippen LogP contribution is 2.31. The lowest BCUT2D eigenvalue weighted by Crippen LogP contribution is -2.52. The second-order valence-corrected chi connectivity index (χ2v) is 7.75. The van der Waals surface area contributed by atoms with Gasteiger partial charge in [0.15, 0.2) is 5.78 Å². The third-order valence-corrected chi connectivity index (χ3v) is 5.30. The van der Waals surface area contributed by atoms with Gasteiger partial charge in [0, 0.05) is 42.1 Å². The van der Waals surface area contributed by atoms with Crippen LogP contribution in [0.15, 0.2) is 30.3 Å². The van der Waals surface area contributed by atoms with Gasteiger partial charge in [-0.15, -0.1) is 0 Å². The highest BCUT2D eigenvalue weighted by atomic mass is 35.5. The van der Waals surface area contributed by atoms with Gasteiger partial charge in [-0.25, -0.2) is 4.39 Å². The maximum atomic E-state index is 14.3. The van der Waals surface area contributed by atoms with Crippen LogP contribution in [0.5, 0.6) is 11.5 Å². The van der Waals surface area contributed by atoms with Crippen molar-refractivity contribution in [2.24, 2.45) is 5.92 Å². The van der Waals surface area contributed by atoms with E-state index in [2.05, 4.69) is 0 Å². The molecule has 1 saturated heterocycles. The Hall–Kier alpha value is -2.31. The van der Waals surface area contributed by atoms with Crippen molar-refractivity contribution in [1.82, 2.24) is 4.90 Å². The lowest BCUT2D eigenvalue weighted by atomic mass is 9.97. The van der Waals surface area contributed by atoms with E-state index >= 15 is 0 Å². The molecule has 0 spiro atoms. The van der Waals surface area contributed by atoms with Gasteiger partial charge in [0.1, 0.15) is 23.9 Å². The third-order valence-electron chi connectivity index (χ3n) is 4.77. The van der Waals surface area contributed by atoms with Crippen LogP contribution in [-0.2, 0) is 11.2 Å². The summed E-state index contributed by atoms with van der Waals surface area (Å²) < 4.78 is 25.2. The van der Waals surface area contributed by atoms with Gasteiger partial charge in [0.25, 0.3) is 5.91 Å². The standard InChI is InChI=1S/C20H16Cl2FNO4/c21-13-1-2-18(16(22)5-13)27-9-11-7-24(8-11)20(26)15-4-12-3-14(25)10-28-19(12)6-17(15)23/h1-2,4-6,11H,3,7-10H2. The van der Waals surface area contributed by atoms with Crippen molar-refractivity contribution in [1.29, 1.82) is 0 Å². The topological polar surface area (TPSA) is 55.8 Å². The number of hydrogen-bond acceptors (Lipinski definition) is 4. The minimum atomic E-state index is -0.647. The number of nitrogens with zero attached hydrogens (tertiary/aromatic N) is 1. The predicted octanol–water partition coefficient (Wildman–Crippen LogP) is 3.79. The van der Waals surface area contributed by atoms with Crippen LogP contribution in [0.4, 0.5) is 4.39 Å². The molecule has 28 heavy (non-hydrogen) atoms. The Balaban J connectivity index is 1.36.